The predicted octanol–water partition coefficient (Wildman–Crippen LogP) is 3.69. The van der Waals surface area contributed by atoms with Crippen LogP contribution in [0.25, 0.3) is 0 Å². The molecule has 1 N–H and O–H groups in total. The van der Waals surface area contributed by atoms with Gasteiger partial charge in [0.15, 0.2) is 0 Å². The van der Waals surface area contributed by atoms with Crippen molar-refractivity contribution in [2.75, 3.05) is 13.1 Å². The van der Waals surface area contributed by atoms with Gasteiger partial charge >= 0.3 is 5.97 Å². The average molecular weight is 289 g/mol. The number of hydrogen-bond donors (Lipinski definition) is 1. The number of likely N-dealkylation sites (tertiary alicyclic amines) is 1. The first-order valence-corrected chi connectivity index (χ1v) is 7.96. The van der Waals surface area contributed by atoms with Gasteiger partial charge in [0.25, 0.3) is 0 Å². The van der Waals surface area contributed by atoms with Crippen LogP contribution in [0.5, 0.6) is 0 Å². The van der Waals surface area contributed by atoms with Crippen molar-refractivity contribution in [3.63, 3.8) is 0 Å². The van der Waals surface area contributed by atoms with E-state index in [-0.39, 0.29) is 0 Å². The summed E-state index contributed by atoms with van der Waals surface area (Å²) < 4.78 is 0. The van der Waals surface area contributed by atoms with Crippen molar-refractivity contribution >= 4 is 5.97 Å². The van der Waals surface area contributed by atoms with Gasteiger partial charge in [0.1, 0.15) is 0 Å². The minimum absolute atomic E-state index is 0.330. The van der Waals surface area contributed by atoms with Gasteiger partial charge in [-0.25, -0.2) is 0 Å². The second kappa shape index (κ2) is 7.08. The lowest BCUT2D eigenvalue weighted by atomic mass is 9.97. The van der Waals surface area contributed by atoms with Crippen LogP contribution in [0, 0.1) is 26.7 Å². The number of hydrogen-bond acceptors (Lipinski definition) is 2. The normalized spacial score (nSPS) is 20.2. The SMILES string of the molecule is Cc1cc(C)c(CN2CCC[C@H](CC(=O)O)CC2)c(C)c1. The number of carboxylic acid groups (broad SMARTS) is 1. The third-order valence-corrected chi connectivity index (χ3v) is 4.63. The van der Waals surface area contributed by atoms with Gasteiger partial charge in [0.2, 0.25) is 0 Å². The Bertz CT molecular complexity index is 487. The summed E-state index contributed by atoms with van der Waals surface area (Å²) in [5, 5.41) is 8.94. The molecule has 2 rings (SSSR count). The molecule has 1 atom stereocenters. The molecule has 0 aromatic heterocycles. The van der Waals surface area contributed by atoms with Crippen LogP contribution in [0.3, 0.4) is 0 Å². The molecule has 1 aliphatic rings. The first-order valence-electron chi connectivity index (χ1n) is 7.96. The molecule has 1 aromatic rings. The Morgan fingerprint density at radius 1 is 1.19 bits per heavy atom. The Hall–Kier alpha value is -1.35. The van der Waals surface area contributed by atoms with E-state index in [0.29, 0.717) is 12.3 Å². The fraction of sp³-hybridized carbons (Fsp3) is 0.611. The summed E-state index contributed by atoms with van der Waals surface area (Å²) >= 11 is 0. The molecule has 0 aliphatic carbocycles. The van der Waals surface area contributed by atoms with Crippen molar-refractivity contribution in [3.8, 4) is 0 Å². The maximum Gasteiger partial charge on any atom is 0.303 e. The molecular formula is C18H27NO2. The van der Waals surface area contributed by atoms with E-state index in [9.17, 15) is 4.79 Å². The van der Waals surface area contributed by atoms with Crippen molar-refractivity contribution in [2.45, 2.75) is 53.0 Å². The molecule has 1 fully saturated rings. The summed E-state index contributed by atoms with van der Waals surface area (Å²) in [6.45, 7) is 9.64. The van der Waals surface area contributed by atoms with Crippen LogP contribution >= 0.6 is 0 Å². The van der Waals surface area contributed by atoms with E-state index in [4.69, 9.17) is 5.11 Å². The summed E-state index contributed by atoms with van der Waals surface area (Å²) in [5.41, 5.74) is 5.51. The lowest BCUT2D eigenvalue weighted by molar-refractivity contribution is -0.138. The fourth-order valence-corrected chi connectivity index (χ4v) is 3.52. The third-order valence-electron chi connectivity index (χ3n) is 4.63. The molecule has 0 spiro atoms. The van der Waals surface area contributed by atoms with Gasteiger partial charge in [-0.2, -0.15) is 0 Å². The highest BCUT2D eigenvalue weighted by Crippen LogP contribution is 2.24. The quantitative estimate of drug-likeness (QED) is 0.919. The molecule has 116 valence electrons. The highest BCUT2D eigenvalue weighted by Gasteiger charge is 2.20. The van der Waals surface area contributed by atoms with Crippen LogP contribution in [-0.2, 0) is 11.3 Å². The highest BCUT2D eigenvalue weighted by molar-refractivity contribution is 5.67. The Labute approximate surface area is 128 Å². The Morgan fingerprint density at radius 3 is 2.48 bits per heavy atom. The topological polar surface area (TPSA) is 40.5 Å². The van der Waals surface area contributed by atoms with Crippen molar-refractivity contribution in [1.82, 2.24) is 4.90 Å². The fourth-order valence-electron chi connectivity index (χ4n) is 3.52. The second-order valence-corrected chi connectivity index (χ2v) is 6.55. The lowest BCUT2D eigenvalue weighted by Crippen LogP contribution is -2.25. The average Bonchev–Trinajstić information content (AvgIpc) is 2.58. The zero-order valence-corrected chi connectivity index (χ0v) is 13.5. The van der Waals surface area contributed by atoms with Gasteiger partial charge in [-0.05, 0) is 75.7 Å². The van der Waals surface area contributed by atoms with Crippen LogP contribution in [0.1, 0.15) is 47.9 Å². The summed E-state index contributed by atoms with van der Waals surface area (Å²) in [6, 6.07) is 4.51. The van der Waals surface area contributed by atoms with Gasteiger partial charge < -0.3 is 5.11 Å². The van der Waals surface area contributed by atoms with Crippen molar-refractivity contribution in [1.29, 1.82) is 0 Å². The molecule has 3 nitrogen and oxygen atoms in total. The van der Waals surface area contributed by atoms with Crippen LogP contribution in [0.2, 0.25) is 0 Å². The van der Waals surface area contributed by atoms with Gasteiger partial charge in [-0.3, -0.25) is 9.69 Å². The van der Waals surface area contributed by atoms with E-state index < -0.39 is 5.97 Å². The Balaban J connectivity index is 1.99. The Kier molecular flexibility index (Phi) is 5.40. The number of aryl methyl sites for hydroxylation is 3. The van der Waals surface area contributed by atoms with Crippen molar-refractivity contribution in [3.05, 3.63) is 34.4 Å². The molecule has 1 heterocycles. The number of carboxylic acids is 1. The van der Waals surface area contributed by atoms with Gasteiger partial charge in [-0.1, -0.05) is 17.7 Å². The minimum Gasteiger partial charge on any atom is -0.481 e. The van der Waals surface area contributed by atoms with Gasteiger partial charge in [0, 0.05) is 13.0 Å². The van der Waals surface area contributed by atoms with E-state index in [1.54, 1.807) is 0 Å². The highest BCUT2D eigenvalue weighted by atomic mass is 16.4. The number of nitrogens with zero attached hydrogens (tertiary/aromatic N) is 1. The van der Waals surface area contributed by atoms with Crippen LogP contribution in [0.15, 0.2) is 12.1 Å². The van der Waals surface area contributed by atoms with Crippen molar-refractivity contribution in [2.24, 2.45) is 5.92 Å². The summed E-state index contributed by atoms with van der Waals surface area (Å²) in [7, 11) is 0. The molecule has 0 radical (unpaired) electrons. The molecule has 0 saturated carbocycles. The van der Waals surface area contributed by atoms with E-state index in [1.165, 1.54) is 22.3 Å². The van der Waals surface area contributed by atoms with Crippen molar-refractivity contribution < 1.29 is 9.90 Å². The molecule has 1 saturated heterocycles. The largest absolute Gasteiger partial charge is 0.481 e. The number of carbonyl (C=O) groups is 1. The minimum atomic E-state index is -0.654. The molecule has 0 amide bonds. The molecule has 21 heavy (non-hydrogen) atoms. The maximum absolute atomic E-state index is 10.9. The van der Waals surface area contributed by atoms with Crippen LogP contribution in [-0.4, -0.2) is 29.1 Å². The monoisotopic (exact) mass is 289 g/mol. The third kappa shape index (κ3) is 4.57. The summed E-state index contributed by atoms with van der Waals surface area (Å²) in [6.07, 6.45) is 3.50. The number of aliphatic carboxylic acids is 1. The summed E-state index contributed by atoms with van der Waals surface area (Å²) in [5.74, 6) is -0.300. The maximum atomic E-state index is 10.9. The van der Waals surface area contributed by atoms with Crippen LogP contribution in [0.4, 0.5) is 0 Å². The lowest BCUT2D eigenvalue weighted by Gasteiger charge is -2.23. The zero-order chi connectivity index (χ0) is 15.4. The number of rotatable bonds is 4. The molecule has 1 aromatic carbocycles. The first-order chi connectivity index (χ1) is 9.95. The predicted molar refractivity (Wildman–Crippen MR) is 85.5 cm³/mol. The molecule has 1 aliphatic heterocycles. The second-order valence-electron chi connectivity index (χ2n) is 6.55. The number of benzene rings is 1. The molecule has 0 bridgehead atoms. The first kappa shape index (κ1) is 16.0. The van der Waals surface area contributed by atoms with E-state index >= 15 is 0 Å². The molecule has 3 heteroatoms. The van der Waals surface area contributed by atoms with E-state index in [1.807, 2.05) is 0 Å². The Morgan fingerprint density at radius 2 is 1.86 bits per heavy atom. The standard InChI is InChI=1S/C18H27NO2/c1-13-9-14(2)17(15(3)10-13)12-19-7-4-5-16(6-8-19)11-18(20)21/h9-10,16H,4-8,11-12H2,1-3H3,(H,20,21)/t16-/m0/s1. The van der Waals surface area contributed by atoms with Gasteiger partial charge in [0.05, 0.1) is 0 Å². The zero-order valence-electron chi connectivity index (χ0n) is 13.5. The van der Waals surface area contributed by atoms with Crippen LogP contribution < -0.4 is 0 Å². The molecular weight excluding hydrogens is 262 g/mol. The molecule has 0 unspecified atom stereocenters. The van der Waals surface area contributed by atoms with Gasteiger partial charge in [-0.15, -0.1) is 0 Å². The van der Waals surface area contributed by atoms with E-state index in [0.717, 1.165) is 38.9 Å². The van der Waals surface area contributed by atoms with E-state index in [2.05, 4.69) is 37.8 Å². The smallest absolute Gasteiger partial charge is 0.303 e. The summed E-state index contributed by atoms with van der Waals surface area (Å²) in [4.78, 5) is 13.4.